The number of thioether (sulfide) groups is 1. The number of aryl methyl sites for hydroxylation is 1. The molecule has 0 spiro atoms. The van der Waals surface area contributed by atoms with Gasteiger partial charge in [0, 0.05) is 17.6 Å². The molecule has 4 nitrogen and oxygen atoms in total. The summed E-state index contributed by atoms with van der Waals surface area (Å²) in [5.41, 5.74) is 4.81. The van der Waals surface area contributed by atoms with E-state index in [0.717, 1.165) is 28.3 Å². The van der Waals surface area contributed by atoms with Crippen molar-refractivity contribution in [3.8, 4) is 5.69 Å². The average molecular weight is 436 g/mol. The Morgan fingerprint density at radius 1 is 0.812 bits per heavy atom. The summed E-state index contributed by atoms with van der Waals surface area (Å²) in [6.07, 6.45) is 4.01. The van der Waals surface area contributed by atoms with Crippen molar-refractivity contribution in [3.63, 3.8) is 0 Å². The van der Waals surface area contributed by atoms with Gasteiger partial charge in [0.2, 0.25) is 0 Å². The number of carbonyl (C=O) groups is 1. The van der Waals surface area contributed by atoms with Crippen LogP contribution in [0.2, 0.25) is 0 Å². The lowest BCUT2D eigenvalue weighted by molar-refractivity contribution is -0.113. The van der Waals surface area contributed by atoms with Gasteiger partial charge in [-0.05, 0) is 72.8 Å². The number of carbonyl (C=O) groups excluding carboxylic acids is 1. The monoisotopic (exact) mass is 435 g/mol. The Morgan fingerprint density at radius 3 is 2.06 bits per heavy atom. The van der Waals surface area contributed by atoms with Crippen molar-refractivity contribution in [2.45, 2.75) is 6.92 Å². The van der Waals surface area contributed by atoms with Gasteiger partial charge in [0.15, 0.2) is 5.17 Å². The molecular weight excluding hydrogens is 414 g/mol. The highest BCUT2D eigenvalue weighted by molar-refractivity contribution is 8.19. The molecule has 1 fully saturated rings. The van der Waals surface area contributed by atoms with Gasteiger partial charge in [-0.2, -0.15) is 0 Å². The SMILES string of the molecule is Cc1cc(/C=C2/SC(=Nc3ccccc3)N(c3ccccc3)C2=O)cn1-c1ccccc1. The fraction of sp³-hybridized carbons (Fsp3) is 0.0370. The van der Waals surface area contributed by atoms with E-state index in [4.69, 9.17) is 4.99 Å². The Bertz CT molecular complexity index is 1310. The third-order valence-corrected chi connectivity index (χ3v) is 6.14. The Labute approximate surface area is 191 Å². The molecule has 1 amide bonds. The summed E-state index contributed by atoms with van der Waals surface area (Å²) in [7, 11) is 0. The molecule has 0 radical (unpaired) electrons. The predicted octanol–water partition coefficient (Wildman–Crippen LogP) is 6.59. The van der Waals surface area contributed by atoms with Crippen LogP contribution in [0.1, 0.15) is 11.3 Å². The molecule has 32 heavy (non-hydrogen) atoms. The van der Waals surface area contributed by atoms with E-state index < -0.39 is 0 Å². The zero-order valence-electron chi connectivity index (χ0n) is 17.6. The lowest BCUT2D eigenvalue weighted by Crippen LogP contribution is -2.28. The molecule has 1 aliphatic rings. The second-order valence-corrected chi connectivity index (χ2v) is 8.45. The van der Waals surface area contributed by atoms with E-state index in [1.54, 1.807) is 4.90 Å². The second kappa shape index (κ2) is 8.73. The van der Waals surface area contributed by atoms with Crippen molar-refractivity contribution in [3.05, 3.63) is 119 Å². The average Bonchev–Trinajstić information content (AvgIpc) is 3.34. The van der Waals surface area contributed by atoms with Crippen LogP contribution in [0.3, 0.4) is 0 Å². The topological polar surface area (TPSA) is 37.6 Å². The number of amides is 1. The smallest absolute Gasteiger partial charge is 0.271 e. The number of amidine groups is 1. The number of para-hydroxylation sites is 3. The van der Waals surface area contributed by atoms with E-state index in [9.17, 15) is 4.79 Å². The molecule has 1 saturated heterocycles. The van der Waals surface area contributed by atoms with Crippen LogP contribution in [0.15, 0.2) is 113 Å². The number of rotatable bonds is 4. The van der Waals surface area contributed by atoms with Crippen LogP contribution in [0.5, 0.6) is 0 Å². The number of nitrogens with zero attached hydrogens (tertiary/aromatic N) is 3. The van der Waals surface area contributed by atoms with Crippen LogP contribution in [-0.4, -0.2) is 15.6 Å². The van der Waals surface area contributed by atoms with Crippen molar-refractivity contribution in [2.75, 3.05) is 4.90 Å². The van der Waals surface area contributed by atoms with Crippen molar-refractivity contribution >= 4 is 40.3 Å². The number of hydrogen-bond acceptors (Lipinski definition) is 3. The Kier molecular flexibility index (Phi) is 5.48. The second-order valence-electron chi connectivity index (χ2n) is 7.44. The predicted molar refractivity (Wildman–Crippen MR) is 134 cm³/mol. The van der Waals surface area contributed by atoms with E-state index in [1.165, 1.54) is 11.8 Å². The van der Waals surface area contributed by atoms with Crippen LogP contribution in [-0.2, 0) is 4.79 Å². The summed E-state index contributed by atoms with van der Waals surface area (Å²) in [4.78, 5) is 20.5. The fourth-order valence-electron chi connectivity index (χ4n) is 3.66. The molecule has 1 aliphatic heterocycles. The van der Waals surface area contributed by atoms with Crippen molar-refractivity contribution < 1.29 is 4.79 Å². The number of aliphatic imine (C=N–C) groups is 1. The van der Waals surface area contributed by atoms with Gasteiger partial charge in [-0.25, -0.2) is 4.99 Å². The van der Waals surface area contributed by atoms with Gasteiger partial charge in [0.05, 0.1) is 16.3 Å². The molecule has 0 bridgehead atoms. The van der Waals surface area contributed by atoms with Crippen LogP contribution in [0.4, 0.5) is 11.4 Å². The van der Waals surface area contributed by atoms with E-state index in [0.29, 0.717) is 10.1 Å². The molecule has 0 aliphatic carbocycles. The zero-order chi connectivity index (χ0) is 21.9. The maximum absolute atomic E-state index is 13.4. The molecule has 0 N–H and O–H groups in total. The Hall–Kier alpha value is -3.83. The minimum Gasteiger partial charge on any atom is -0.321 e. The molecule has 4 aromatic rings. The third-order valence-electron chi connectivity index (χ3n) is 5.17. The van der Waals surface area contributed by atoms with Crippen LogP contribution < -0.4 is 4.90 Å². The fourth-order valence-corrected chi connectivity index (χ4v) is 4.66. The minimum atomic E-state index is -0.0685. The van der Waals surface area contributed by atoms with Crippen molar-refractivity contribution in [1.82, 2.24) is 4.57 Å². The first-order valence-corrected chi connectivity index (χ1v) is 11.2. The van der Waals surface area contributed by atoms with Gasteiger partial charge in [-0.1, -0.05) is 54.6 Å². The van der Waals surface area contributed by atoms with Gasteiger partial charge in [-0.15, -0.1) is 0 Å². The maximum atomic E-state index is 13.4. The summed E-state index contributed by atoms with van der Waals surface area (Å²) in [5, 5.41) is 0.651. The zero-order valence-corrected chi connectivity index (χ0v) is 18.4. The molecule has 0 atom stereocenters. The van der Waals surface area contributed by atoms with Gasteiger partial charge in [0.1, 0.15) is 0 Å². The van der Waals surface area contributed by atoms with Gasteiger partial charge in [0.25, 0.3) is 5.91 Å². The van der Waals surface area contributed by atoms with Gasteiger partial charge in [-0.3, -0.25) is 9.69 Å². The first-order chi connectivity index (χ1) is 15.7. The van der Waals surface area contributed by atoms with Crippen LogP contribution >= 0.6 is 11.8 Å². The standard InChI is InChI=1S/C27H21N3OS/c1-20-17-21(19-29(20)23-13-7-3-8-14-23)18-25-26(31)30(24-15-9-4-10-16-24)27(32-25)28-22-11-5-2-6-12-22/h2-19H,1H3/b25-18+,28-27?. The van der Waals surface area contributed by atoms with E-state index >= 15 is 0 Å². The van der Waals surface area contributed by atoms with Crippen LogP contribution in [0.25, 0.3) is 11.8 Å². The molecule has 3 aromatic carbocycles. The Morgan fingerprint density at radius 2 is 1.41 bits per heavy atom. The maximum Gasteiger partial charge on any atom is 0.271 e. The number of benzene rings is 3. The van der Waals surface area contributed by atoms with E-state index in [2.05, 4.69) is 35.9 Å². The molecule has 156 valence electrons. The third kappa shape index (κ3) is 4.03. The number of hydrogen-bond donors (Lipinski definition) is 0. The molecule has 0 saturated carbocycles. The summed E-state index contributed by atoms with van der Waals surface area (Å²) in [5.74, 6) is -0.0685. The van der Waals surface area contributed by atoms with Crippen LogP contribution in [0, 0.1) is 6.92 Å². The molecule has 5 heteroatoms. The molecular formula is C27H21N3OS. The first kappa shape index (κ1) is 20.1. The Balaban J connectivity index is 1.53. The lowest BCUT2D eigenvalue weighted by atomic mass is 10.2. The minimum absolute atomic E-state index is 0.0685. The highest BCUT2D eigenvalue weighted by atomic mass is 32.2. The normalized spacial score (nSPS) is 16.3. The summed E-state index contributed by atoms with van der Waals surface area (Å²) >= 11 is 1.40. The summed E-state index contributed by atoms with van der Waals surface area (Å²) in [6.45, 7) is 2.07. The van der Waals surface area contributed by atoms with E-state index in [-0.39, 0.29) is 5.91 Å². The summed E-state index contributed by atoms with van der Waals surface area (Å²) in [6, 6.07) is 31.7. The van der Waals surface area contributed by atoms with E-state index in [1.807, 2.05) is 84.9 Å². The molecule has 5 rings (SSSR count). The molecule has 1 aromatic heterocycles. The highest BCUT2D eigenvalue weighted by Gasteiger charge is 2.34. The lowest BCUT2D eigenvalue weighted by Gasteiger charge is -2.15. The van der Waals surface area contributed by atoms with Crippen molar-refractivity contribution in [1.29, 1.82) is 0 Å². The number of aromatic nitrogens is 1. The molecule has 0 unspecified atom stereocenters. The molecule has 2 heterocycles. The van der Waals surface area contributed by atoms with Gasteiger partial charge >= 0.3 is 0 Å². The quantitative estimate of drug-likeness (QED) is 0.339. The first-order valence-electron chi connectivity index (χ1n) is 10.4. The number of anilines is 1. The highest BCUT2D eigenvalue weighted by Crippen LogP contribution is 2.37. The van der Waals surface area contributed by atoms with Gasteiger partial charge < -0.3 is 4.57 Å². The van der Waals surface area contributed by atoms with Crippen molar-refractivity contribution in [2.24, 2.45) is 4.99 Å². The largest absolute Gasteiger partial charge is 0.321 e. The summed E-state index contributed by atoms with van der Waals surface area (Å²) < 4.78 is 2.13.